The fraction of sp³-hybridized carbons (Fsp3) is 0.933. The van der Waals surface area contributed by atoms with E-state index in [2.05, 4.69) is 36.3 Å². The molecule has 20 heavy (non-hydrogen) atoms. The molecule has 120 valence electrons. The van der Waals surface area contributed by atoms with Crippen molar-refractivity contribution in [3.8, 4) is 0 Å². The van der Waals surface area contributed by atoms with Crippen LogP contribution in [0.4, 0.5) is 0 Å². The van der Waals surface area contributed by atoms with E-state index in [4.69, 9.17) is 4.74 Å². The van der Waals surface area contributed by atoms with Crippen LogP contribution in [0.5, 0.6) is 0 Å². The smallest absolute Gasteiger partial charge is 0.233 e. The summed E-state index contributed by atoms with van der Waals surface area (Å²) in [5.41, 5.74) is 0. The molecule has 0 aromatic heterocycles. The van der Waals surface area contributed by atoms with E-state index in [1.54, 1.807) is 7.11 Å². The topological polar surface area (TPSA) is 53.6 Å². The van der Waals surface area contributed by atoms with Crippen LogP contribution < -0.4 is 10.6 Å². The third kappa shape index (κ3) is 11.2. The molecule has 0 aliphatic rings. The SMILES string of the molecule is CCN(CC)CCCC(C)NCC(=O)NCCCOC. The Morgan fingerprint density at radius 2 is 1.95 bits per heavy atom. The predicted octanol–water partition coefficient (Wildman–Crippen LogP) is 1.24. The quantitative estimate of drug-likeness (QED) is 0.501. The van der Waals surface area contributed by atoms with Crippen molar-refractivity contribution < 1.29 is 9.53 Å². The predicted molar refractivity (Wildman–Crippen MR) is 84.0 cm³/mol. The Labute approximate surface area is 124 Å². The minimum atomic E-state index is 0.0664. The van der Waals surface area contributed by atoms with Gasteiger partial charge in [0.2, 0.25) is 5.91 Å². The van der Waals surface area contributed by atoms with Crippen LogP contribution in [0, 0.1) is 0 Å². The van der Waals surface area contributed by atoms with Crippen molar-refractivity contribution in [1.82, 2.24) is 15.5 Å². The van der Waals surface area contributed by atoms with E-state index in [9.17, 15) is 4.79 Å². The molecule has 0 bridgehead atoms. The van der Waals surface area contributed by atoms with E-state index in [-0.39, 0.29) is 5.91 Å². The highest BCUT2D eigenvalue weighted by molar-refractivity contribution is 5.77. The lowest BCUT2D eigenvalue weighted by atomic mass is 10.1. The number of carbonyl (C=O) groups is 1. The highest BCUT2D eigenvalue weighted by Gasteiger charge is 2.06. The summed E-state index contributed by atoms with van der Waals surface area (Å²) >= 11 is 0. The standard InChI is InChI=1S/C15H33N3O2/c1-5-18(6-2)11-7-9-14(3)17-13-15(19)16-10-8-12-20-4/h14,17H,5-13H2,1-4H3,(H,16,19). The van der Waals surface area contributed by atoms with E-state index in [0.29, 0.717) is 25.7 Å². The maximum atomic E-state index is 11.6. The zero-order valence-electron chi connectivity index (χ0n) is 13.7. The lowest BCUT2D eigenvalue weighted by Gasteiger charge is -2.19. The number of nitrogens with zero attached hydrogens (tertiary/aromatic N) is 1. The largest absolute Gasteiger partial charge is 0.385 e. The molecule has 5 nitrogen and oxygen atoms in total. The summed E-state index contributed by atoms with van der Waals surface area (Å²) in [4.78, 5) is 14.0. The van der Waals surface area contributed by atoms with Crippen LogP contribution in [0.15, 0.2) is 0 Å². The highest BCUT2D eigenvalue weighted by atomic mass is 16.5. The van der Waals surface area contributed by atoms with Crippen molar-refractivity contribution in [2.24, 2.45) is 0 Å². The molecule has 0 aliphatic carbocycles. The molecule has 5 heteroatoms. The van der Waals surface area contributed by atoms with Crippen LogP contribution >= 0.6 is 0 Å². The Morgan fingerprint density at radius 1 is 1.25 bits per heavy atom. The summed E-state index contributed by atoms with van der Waals surface area (Å²) in [7, 11) is 1.67. The number of rotatable bonds is 13. The Bertz CT molecular complexity index is 233. The Kier molecular flexibility index (Phi) is 12.9. The molecule has 1 unspecified atom stereocenters. The summed E-state index contributed by atoms with van der Waals surface area (Å²) < 4.78 is 4.93. The normalized spacial score (nSPS) is 12.7. The molecule has 0 spiro atoms. The van der Waals surface area contributed by atoms with Crippen molar-refractivity contribution >= 4 is 5.91 Å². The van der Waals surface area contributed by atoms with Crippen molar-refractivity contribution in [1.29, 1.82) is 0 Å². The number of nitrogens with one attached hydrogen (secondary N) is 2. The molecule has 0 saturated carbocycles. The van der Waals surface area contributed by atoms with E-state index >= 15 is 0 Å². The van der Waals surface area contributed by atoms with Gasteiger partial charge in [0.25, 0.3) is 0 Å². The maximum absolute atomic E-state index is 11.6. The molecule has 0 heterocycles. The third-order valence-electron chi connectivity index (χ3n) is 3.46. The minimum Gasteiger partial charge on any atom is -0.385 e. The number of hydrogen-bond acceptors (Lipinski definition) is 4. The fourth-order valence-corrected chi connectivity index (χ4v) is 2.04. The van der Waals surface area contributed by atoms with Gasteiger partial charge in [0.05, 0.1) is 6.54 Å². The highest BCUT2D eigenvalue weighted by Crippen LogP contribution is 1.99. The molecular weight excluding hydrogens is 254 g/mol. The zero-order valence-corrected chi connectivity index (χ0v) is 13.7. The van der Waals surface area contributed by atoms with Gasteiger partial charge in [0, 0.05) is 26.3 Å². The van der Waals surface area contributed by atoms with Gasteiger partial charge < -0.3 is 20.3 Å². The first-order chi connectivity index (χ1) is 9.63. The number of amides is 1. The lowest BCUT2D eigenvalue weighted by molar-refractivity contribution is -0.120. The van der Waals surface area contributed by atoms with Crippen LogP contribution in [0.1, 0.15) is 40.0 Å². The van der Waals surface area contributed by atoms with Crippen LogP contribution in [-0.4, -0.2) is 63.3 Å². The summed E-state index contributed by atoms with van der Waals surface area (Å²) in [6.07, 6.45) is 3.14. The summed E-state index contributed by atoms with van der Waals surface area (Å²) in [6, 6.07) is 0.385. The Balaban J connectivity index is 3.51. The van der Waals surface area contributed by atoms with Gasteiger partial charge in [-0.3, -0.25) is 4.79 Å². The molecular formula is C15H33N3O2. The van der Waals surface area contributed by atoms with Gasteiger partial charge in [0.15, 0.2) is 0 Å². The average Bonchev–Trinajstić information content (AvgIpc) is 2.46. The molecule has 0 fully saturated rings. The van der Waals surface area contributed by atoms with Crippen LogP contribution in [-0.2, 0) is 9.53 Å². The number of hydrogen-bond donors (Lipinski definition) is 2. The van der Waals surface area contributed by atoms with Gasteiger partial charge in [-0.2, -0.15) is 0 Å². The second kappa shape index (κ2) is 13.3. The number of ether oxygens (including phenoxy) is 1. The van der Waals surface area contributed by atoms with Crippen LogP contribution in [0.3, 0.4) is 0 Å². The van der Waals surface area contributed by atoms with Gasteiger partial charge >= 0.3 is 0 Å². The van der Waals surface area contributed by atoms with Crippen molar-refractivity contribution in [2.75, 3.05) is 46.4 Å². The summed E-state index contributed by atoms with van der Waals surface area (Å²) in [5, 5.41) is 6.15. The molecule has 0 aromatic carbocycles. The van der Waals surface area contributed by atoms with Crippen molar-refractivity contribution in [3.05, 3.63) is 0 Å². The van der Waals surface area contributed by atoms with Crippen molar-refractivity contribution in [2.45, 2.75) is 46.1 Å². The van der Waals surface area contributed by atoms with E-state index in [1.807, 2.05) is 0 Å². The van der Waals surface area contributed by atoms with Gasteiger partial charge in [0.1, 0.15) is 0 Å². The van der Waals surface area contributed by atoms with Gasteiger partial charge in [-0.1, -0.05) is 13.8 Å². The van der Waals surface area contributed by atoms with E-state index in [1.165, 1.54) is 6.42 Å². The molecule has 0 aliphatic heterocycles. The summed E-state index contributed by atoms with van der Waals surface area (Å²) in [5.74, 6) is 0.0664. The number of methoxy groups -OCH3 is 1. The Morgan fingerprint density at radius 3 is 2.55 bits per heavy atom. The second-order valence-corrected chi connectivity index (χ2v) is 5.15. The van der Waals surface area contributed by atoms with Crippen LogP contribution in [0.2, 0.25) is 0 Å². The lowest BCUT2D eigenvalue weighted by Crippen LogP contribution is -2.38. The molecule has 0 saturated heterocycles. The molecule has 1 atom stereocenters. The first-order valence-electron chi connectivity index (χ1n) is 7.85. The van der Waals surface area contributed by atoms with E-state index < -0.39 is 0 Å². The molecule has 2 N–H and O–H groups in total. The van der Waals surface area contributed by atoms with Crippen LogP contribution in [0.25, 0.3) is 0 Å². The number of carbonyl (C=O) groups excluding carboxylic acids is 1. The summed E-state index contributed by atoms with van der Waals surface area (Å²) in [6.45, 7) is 11.7. The first-order valence-corrected chi connectivity index (χ1v) is 7.85. The average molecular weight is 287 g/mol. The van der Waals surface area contributed by atoms with Gasteiger partial charge in [-0.15, -0.1) is 0 Å². The van der Waals surface area contributed by atoms with Gasteiger partial charge in [-0.25, -0.2) is 0 Å². The van der Waals surface area contributed by atoms with E-state index in [0.717, 1.165) is 32.5 Å². The molecule has 1 amide bonds. The molecule has 0 radical (unpaired) electrons. The van der Waals surface area contributed by atoms with Gasteiger partial charge in [-0.05, 0) is 45.8 Å². The zero-order chi connectivity index (χ0) is 15.2. The Hall–Kier alpha value is -0.650. The monoisotopic (exact) mass is 287 g/mol. The second-order valence-electron chi connectivity index (χ2n) is 5.15. The minimum absolute atomic E-state index is 0.0664. The van der Waals surface area contributed by atoms with Crippen molar-refractivity contribution in [3.63, 3.8) is 0 Å². The fourth-order valence-electron chi connectivity index (χ4n) is 2.04. The third-order valence-corrected chi connectivity index (χ3v) is 3.46. The molecule has 0 rings (SSSR count). The maximum Gasteiger partial charge on any atom is 0.233 e. The first kappa shape index (κ1) is 19.4. The molecule has 0 aromatic rings.